The second-order valence-corrected chi connectivity index (χ2v) is 8.87. The van der Waals surface area contributed by atoms with Crippen LogP contribution in [-0.2, 0) is 20.5 Å². The normalized spacial score (nSPS) is 16.9. The number of hydrogen-bond donors (Lipinski definition) is 1. The number of nitrogens with one attached hydrogen (secondary N) is 1. The molecular formula is C17H31N5O4S. The zero-order chi connectivity index (χ0) is 19.7. The summed E-state index contributed by atoms with van der Waals surface area (Å²) in [7, 11) is -1.66. The van der Waals surface area contributed by atoms with Crippen molar-refractivity contribution in [3.8, 4) is 0 Å². The third kappa shape index (κ3) is 7.11. The van der Waals surface area contributed by atoms with Gasteiger partial charge in [-0.1, -0.05) is 19.0 Å². The van der Waals surface area contributed by atoms with Crippen LogP contribution in [0, 0.1) is 5.92 Å². The van der Waals surface area contributed by atoms with Crippen LogP contribution in [0.1, 0.15) is 26.0 Å². The highest BCUT2D eigenvalue weighted by Gasteiger charge is 2.28. The number of nitrogens with zero attached hydrogens (tertiary/aromatic N) is 4. The van der Waals surface area contributed by atoms with E-state index < -0.39 is 10.0 Å². The molecule has 0 spiro atoms. The summed E-state index contributed by atoms with van der Waals surface area (Å²) < 4.78 is 36.8. The van der Waals surface area contributed by atoms with Crippen molar-refractivity contribution in [2.75, 3.05) is 53.0 Å². The Kier molecular flexibility index (Phi) is 8.52. The van der Waals surface area contributed by atoms with E-state index in [9.17, 15) is 8.42 Å². The molecule has 1 aromatic rings. The van der Waals surface area contributed by atoms with Crippen LogP contribution in [0.5, 0.6) is 0 Å². The van der Waals surface area contributed by atoms with E-state index >= 15 is 0 Å². The minimum atomic E-state index is -3.39. The van der Waals surface area contributed by atoms with Crippen LogP contribution in [0.4, 0.5) is 0 Å². The molecule has 0 amide bonds. The third-order valence-electron chi connectivity index (χ3n) is 4.33. The van der Waals surface area contributed by atoms with Crippen molar-refractivity contribution in [2.45, 2.75) is 26.0 Å². The Balaban J connectivity index is 1.73. The average Bonchev–Trinajstić information content (AvgIpc) is 3.13. The van der Waals surface area contributed by atoms with Crippen LogP contribution >= 0.6 is 0 Å². The van der Waals surface area contributed by atoms with Gasteiger partial charge in [0.25, 0.3) is 0 Å². The molecule has 1 saturated heterocycles. The molecular weight excluding hydrogens is 370 g/mol. The summed E-state index contributed by atoms with van der Waals surface area (Å²) in [6, 6.07) is 1.57. The molecule has 0 saturated carbocycles. The maximum Gasteiger partial charge on any atom is 0.220 e. The summed E-state index contributed by atoms with van der Waals surface area (Å²) in [4.78, 5) is 6.36. The highest BCUT2D eigenvalue weighted by molar-refractivity contribution is 7.88. The summed E-state index contributed by atoms with van der Waals surface area (Å²) in [5, 5.41) is 6.96. The molecule has 9 nitrogen and oxygen atoms in total. The molecule has 1 fully saturated rings. The van der Waals surface area contributed by atoms with Gasteiger partial charge in [-0.2, -0.15) is 4.31 Å². The molecule has 154 valence electrons. The van der Waals surface area contributed by atoms with E-state index in [-0.39, 0.29) is 5.75 Å². The van der Waals surface area contributed by atoms with Crippen molar-refractivity contribution in [3.63, 3.8) is 0 Å². The molecule has 1 aliphatic heterocycles. The first kappa shape index (κ1) is 21.6. The van der Waals surface area contributed by atoms with E-state index in [0.29, 0.717) is 50.9 Å². The van der Waals surface area contributed by atoms with Gasteiger partial charge in [-0.25, -0.2) is 8.42 Å². The van der Waals surface area contributed by atoms with Crippen LogP contribution in [0.15, 0.2) is 21.8 Å². The Morgan fingerprint density at radius 2 is 2.07 bits per heavy atom. The lowest BCUT2D eigenvalue weighted by molar-refractivity contribution is 0.127. The Hall–Kier alpha value is -1.65. The summed E-state index contributed by atoms with van der Waals surface area (Å²) in [6.45, 7) is 8.44. The number of piperazine rings is 1. The second-order valence-electron chi connectivity index (χ2n) is 6.90. The summed E-state index contributed by atoms with van der Waals surface area (Å²) in [5.41, 5.74) is 0.423. The largest absolute Gasteiger partial charge is 0.380 e. The predicted octanol–water partition coefficient (Wildman–Crippen LogP) is 0.760. The Morgan fingerprint density at radius 1 is 1.33 bits per heavy atom. The Morgan fingerprint density at radius 3 is 2.67 bits per heavy atom. The van der Waals surface area contributed by atoms with Gasteiger partial charge in [0, 0.05) is 52.4 Å². The minimum Gasteiger partial charge on any atom is -0.380 e. The first-order valence-corrected chi connectivity index (χ1v) is 10.9. The number of hydrogen-bond acceptors (Lipinski definition) is 6. The second kappa shape index (κ2) is 10.6. The third-order valence-corrected chi connectivity index (χ3v) is 6.15. The fourth-order valence-electron chi connectivity index (χ4n) is 2.76. The first-order chi connectivity index (χ1) is 12.9. The SMILES string of the molecule is CN=C(NCCOCCC(C)C)N1CCN(S(=O)(=O)Cc2ccon2)CC1. The van der Waals surface area contributed by atoms with Crippen molar-refractivity contribution in [1.82, 2.24) is 19.7 Å². The Bertz CT molecular complexity index is 668. The maximum absolute atomic E-state index is 12.5. The van der Waals surface area contributed by atoms with Gasteiger partial charge in [-0.05, 0) is 12.3 Å². The molecule has 0 bridgehead atoms. The van der Waals surface area contributed by atoms with Gasteiger partial charge in [0.15, 0.2) is 5.96 Å². The summed E-state index contributed by atoms with van der Waals surface area (Å²) in [5.74, 6) is 1.28. The predicted molar refractivity (Wildman–Crippen MR) is 104 cm³/mol. The molecule has 10 heteroatoms. The molecule has 27 heavy (non-hydrogen) atoms. The summed E-state index contributed by atoms with van der Waals surface area (Å²) in [6.07, 6.45) is 2.44. The standard InChI is InChI=1S/C17H31N5O4S/c1-15(2)4-11-25-13-6-19-17(18-3)21-7-9-22(10-8-21)27(23,24)14-16-5-12-26-20-16/h5,12,15H,4,6-11,13-14H2,1-3H3,(H,18,19). The van der Waals surface area contributed by atoms with Crippen LogP contribution in [-0.4, -0.2) is 81.7 Å². The monoisotopic (exact) mass is 401 g/mol. The Labute approximate surface area is 161 Å². The number of guanidine groups is 1. The maximum atomic E-state index is 12.5. The first-order valence-electron chi connectivity index (χ1n) is 9.33. The van der Waals surface area contributed by atoms with Gasteiger partial charge in [0.1, 0.15) is 12.0 Å². The van der Waals surface area contributed by atoms with E-state index in [1.807, 2.05) is 0 Å². The molecule has 0 radical (unpaired) electrons. The van der Waals surface area contributed by atoms with E-state index in [4.69, 9.17) is 9.26 Å². The quantitative estimate of drug-likeness (QED) is 0.370. The molecule has 1 aromatic heterocycles. The molecule has 1 aliphatic rings. The van der Waals surface area contributed by atoms with Gasteiger partial charge in [-0.15, -0.1) is 0 Å². The van der Waals surface area contributed by atoms with Gasteiger partial charge in [-0.3, -0.25) is 4.99 Å². The van der Waals surface area contributed by atoms with E-state index in [1.54, 1.807) is 13.1 Å². The van der Waals surface area contributed by atoms with Crippen LogP contribution < -0.4 is 5.32 Å². The van der Waals surface area contributed by atoms with Gasteiger partial charge in [0.2, 0.25) is 10.0 Å². The van der Waals surface area contributed by atoms with Crippen LogP contribution in [0.3, 0.4) is 0 Å². The van der Waals surface area contributed by atoms with E-state index in [0.717, 1.165) is 19.0 Å². The lowest BCUT2D eigenvalue weighted by Crippen LogP contribution is -2.54. The molecule has 0 aliphatic carbocycles. The lowest BCUT2D eigenvalue weighted by Gasteiger charge is -2.35. The van der Waals surface area contributed by atoms with Crippen molar-refractivity contribution in [2.24, 2.45) is 10.9 Å². The zero-order valence-corrected chi connectivity index (χ0v) is 17.2. The van der Waals surface area contributed by atoms with Crippen LogP contribution in [0.25, 0.3) is 0 Å². The highest BCUT2D eigenvalue weighted by Crippen LogP contribution is 2.12. The summed E-state index contributed by atoms with van der Waals surface area (Å²) >= 11 is 0. The molecule has 2 rings (SSSR count). The fraction of sp³-hybridized carbons (Fsp3) is 0.765. The van der Waals surface area contributed by atoms with Crippen LogP contribution in [0.2, 0.25) is 0 Å². The fourth-order valence-corrected chi connectivity index (χ4v) is 4.18. The van der Waals surface area contributed by atoms with Gasteiger partial charge >= 0.3 is 0 Å². The van der Waals surface area contributed by atoms with Crippen molar-refractivity contribution >= 4 is 16.0 Å². The molecule has 0 unspecified atom stereocenters. The number of ether oxygens (including phenoxy) is 1. The van der Waals surface area contributed by atoms with Crippen molar-refractivity contribution in [1.29, 1.82) is 0 Å². The zero-order valence-electron chi connectivity index (χ0n) is 16.4. The smallest absolute Gasteiger partial charge is 0.220 e. The number of sulfonamides is 1. The average molecular weight is 402 g/mol. The van der Waals surface area contributed by atoms with Gasteiger partial charge in [0.05, 0.1) is 12.3 Å². The van der Waals surface area contributed by atoms with Crippen molar-refractivity contribution < 1.29 is 17.7 Å². The molecule has 2 heterocycles. The van der Waals surface area contributed by atoms with E-state index in [1.165, 1.54) is 10.6 Å². The molecule has 0 atom stereocenters. The lowest BCUT2D eigenvalue weighted by atomic mass is 10.1. The number of aromatic nitrogens is 1. The topological polar surface area (TPSA) is 100 Å². The van der Waals surface area contributed by atoms with Gasteiger partial charge < -0.3 is 19.5 Å². The number of aliphatic imine (C=N–C) groups is 1. The minimum absolute atomic E-state index is 0.135. The van der Waals surface area contributed by atoms with E-state index in [2.05, 4.69) is 34.2 Å². The highest BCUT2D eigenvalue weighted by atomic mass is 32.2. The molecule has 0 aromatic carbocycles. The van der Waals surface area contributed by atoms with Crippen molar-refractivity contribution in [3.05, 3.63) is 18.0 Å². The molecule has 1 N–H and O–H groups in total. The number of rotatable bonds is 9.